The van der Waals surface area contributed by atoms with Crippen molar-refractivity contribution in [1.82, 2.24) is 15.0 Å². The van der Waals surface area contributed by atoms with E-state index in [-0.39, 0.29) is 16.8 Å². The molecule has 7 nitrogen and oxygen atoms in total. The van der Waals surface area contributed by atoms with Gasteiger partial charge in [-0.15, -0.1) is 0 Å². The highest BCUT2D eigenvalue weighted by atomic mass is 32.2. The minimum atomic E-state index is -3.60. The van der Waals surface area contributed by atoms with E-state index in [0.717, 1.165) is 50.2 Å². The van der Waals surface area contributed by atoms with Gasteiger partial charge in [-0.1, -0.05) is 12.1 Å². The van der Waals surface area contributed by atoms with Crippen LogP contribution < -0.4 is 14.9 Å². The molecular formula is C22H29FN4O3S. The van der Waals surface area contributed by atoms with Gasteiger partial charge in [0.2, 0.25) is 10.0 Å². The van der Waals surface area contributed by atoms with E-state index in [9.17, 15) is 12.8 Å². The number of morpholine rings is 1. The van der Waals surface area contributed by atoms with Crippen LogP contribution in [0.15, 0.2) is 47.5 Å². The molecule has 0 atom stereocenters. The number of hydrogen-bond acceptors (Lipinski definition) is 6. The topological polar surface area (TPSA) is 83.6 Å². The van der Waals surface area contributed by atoms with Crippen LogP contribution in [0.2, 0.25) is 0 Å². The minimum absolute atomic E-state index is 0.0869. The molecule has 1 saturated carbocycles. The van der Waals surface area contributed by atoms with Crippen LogP contribution in [0.1, 0.15) is 31.2 Å². The summed E-state index contributed by atoms with van der Waals surface area (Å²) < 4.78 is 47.0. The van der Waals surface area contributed by atoms with Crippen LogP contribution in [-0.4, -0.2) is 51.8 Å². The fourth-order valence-electron chi connectivity index (χ4n) is 4.12. The predicted octanol–water partition coefficient (Wildman–Crippen LogP) is 2.44. The van der Waals surface area contributed by atoms with Crippen LogP contribution in [0, 0.1) is 5.82 Å². The Bertz CT molecular complexity index is 957. The second-order valence-electron chi connectivity index (χ2n) is 8.13. The molecule has 9 heteroatoms. The first-order valence-electron chi connectivity index (χ1n) is 10.8. The van der Waals surface area contributed by atoms with E-state index in [0.29, 0.717) is 25.8 Å². The second-order valence-corrected chi connectivity index (χ2v) is 9.85. The van der Waals surface area contributed by atoms with Crippen LogP contribution in [0.5, 0.6) is 0 Å². The maximum Gasteiger partial charge on any atom is 0.242 e. The van der Waals surface area contributed by atoms with Gasteiger partial charge in [-0.25, -0.2) is 22.5 Å². The van der Waals surface area contributed by atoms with Crippen LogP contribution in [0.3, 0.4) is 0 Å². The average molecular weight is 449 g/mol. The van der Waals surface area contributed by atoms with E-state index in [2.05, 4.69) is 19.9 Å². The van der Waals surface area contributed by atoms with Gasteiger partial charge in [0.25, 0.3) is 0 Å². The number of sulfonamides is 1. The molecule has 31 heavy (non-hydrogen) atoms. The number of pyridine rings is 1. The molecule has 168 valence electrons. The van der Waals surface area contributed by atoms with Crippen molar-refractivity contribution in [3.63, 3.8) is 0 Å². The molecule has 2 aromatic rings. The number of nitrogens with zero attached hydrogens (tertiary/aromatic N) is 2. The molecule has 0 bridgehead atoms. The Morgan fingerprint density at radius 1 is 1.06 bits per heavy atom. The van der Waals surface area contributed by atoms with E-state index in [4.69, 9.17) is 4.74 Å². The van der Waals surface area contributed by atoms with Gasteiger partial charge < -0.3 is 15.0 Å². The molecule has 0 amide bonds. The van der Waals surface area contributed by atoms with Gasteiger partial charge in [-0.2, -0.15) is 0 Å². The SMILES string of the molecule is O=S(=O)(NC1CCC(NCc2cccc(F)c2)CC1)c1ccc(N2CCOCC2)nc1. The Kier molecular flexibility index (Phi) is 7.16. The van der Waals surface area contributed by atoms with Gasteiger partial charge in [0.05, 0.1) is 13.2 Å². The Hall–Kier alpha value is -2.07. The molecule has 0 unspecified atom stereocenters. The van der Waals surface area contributed by atoms with E-state index in [1.807, 2.05) is 6.07 Å². The zero-order chi connectivity index (χ0) is 21.7. The molecular weight excluding hydrogens is 419 g/mol. The van der Waals surface area contributed by atoms with Gasteiger partial charge in [-0.3, -0.25) is 0 Å². The summed E-state index contributed by atoms with van der Waals surface area (Å²) in [6.07, 6.45) is 4.70. The van der Waals surface area contributed by atoms with Crippen molar-refractivity contribution in [3.8, 4) is 0 Å². The van der Waals surface area contributed by atoms with Crippen molar-refractivity contribution in [3.05, 3.63) is 54.0 Å². The van der Waals surface area contributed by atoms with E-state index < -0.39 is 10.0 Å². The normalized spacial score (nSPS) is 22.4. The Balaban J connectivity index is 1.26. The van der Waals surface area contributed by atoms with Crippen LogP contribution >= 0.6 is 0 Å². The molecule has 0 radical (unpaired) electrons. The van der Waals surface area contributed by atoms with Crippen LogP contribution in [-0.2, 0) is 21.3 Å². The molecule has 4 rings (SSSR count). The van der Waals surface area contributed by atoms with Gasteiger partial charge in [-0.05, 0) is 55.5 Å². The molecule has 2 aliphatic rings. The highest BCUT2D eigenvalue weighted by molar-refractivity contribution is 7.89. The Labute approximate surface area is 183 Å². The zero-order valence-electron chi connectivity index (χ0n) is 17.5. The van der Waals surface area contributed by atoms with E-state index >= 15 is 0 Å². The van der Waals surface area contributed by atoms with Crippen molar-refractivity contribution in [2.45, 2.75) is 49.2 Å². The maximum absolute atomic E-state index is 13.3. The number of anilines is 1. The minimum Gasteiger partial charge on any atom is -0.378 e. The summed E-state index contributed by atoms with van der Waals surface area (Å²) in [5.41, 5.74) is 0.913. The first kappa shape index (κ1) is 22.1. The fraction of sp³-hybridized carbons (Fsp3) is 0.500. The molecule has 0 spiro atoms. The monoisotopic (exact) mass is 448 g/mol. The lowest BCUT2D eigenvalue weighted by Gasteiger charge is -2.30. The molecule has 2 N–H and O–H groups in total. The third-order valence-electron chi connectivity index (χ3n) is 5.90. The van der Waals surface area contributed by atoms with Gasteiger partial charge >= 0.3 is 0 Å². The van der Waals surface area contributed by atoms with Crippen molar-refractivity contribution in [1.29, 1.82) is 0 Å². The summed E-state index contributed by atoms with van der Waals surface area (Å²) in [6.45, 7) is 3.44. The molecule has 1 aliphatic carbocycles. The largest absolute Gasteiger partial charge is 0.378 e. The number of ether oxygens (including phenoxy) is 1. The summed E-state index contributed by atoms with van der Waals surface area (Å²) in [5, 5.41) is 3.45. The molecule has 2 heterocycles. The lowest BCUT2D eigenvalue weighted by Crippen LogP contribution is -2.42. The van der Waals surface area contributed by atoms with Gasteiger partial charge in [0, 0.05) is 37.9 Å². The molecule has 1 aromatic heterocycles. The van der Waals surface area contributed by atoms with Crippen molar-refractivity contribution in [2.75, 3.05) is 31.2 Å². The van der Waals surface area contributed by atoms with E-state index in [1.54, 1.807) is 18.2 Å². The van der Waals surface area contributed by atoms with Gasteiger partial charge in [0.15, 0.2) is 0 Å². The molecule has 1 aliphatic heterocycles. The first-order valence-corrected chi connectivity index (χ1v) is 12.3. The van der Waals surface area contributed by atoms with E-state index in [1.165, 1.54) is 18.3 Å². The maximum atomic E-state index is 13.3. The van der Waals surface area contributed by atoms with Crippen molar-refractivity contribution in [2.24, 2.45) is 0 Å². The molecule has 1 aromatic carbocycles. The summed E-state index contributed by atoms with van der Waals surface area (Å²) in [7, 11) is -3.60. The number of benzene rings is 1. The summed E-state index contributed by atoms with van der Waals surface area (Å²) in [4.78, 5) is 6.63. The number of nitrogens with one attached hydrogen (secondary N) is 2. The highest BCUT2D eigenvalue weighted by Crippen LogP contribution is 2.22. The number of aromatic nitrogens is 1. The number of hydrogen-bond donors (Lipinski definition) is 2. The number of halogens is 1. The van der Waals surface area contributed by atoms with Crippen LogP contribution in [0.25, 0.3) is 0 Å². The Morgan fingerprint density at radius 2 is 1.81 bits per heavy atom. The smallest absolute Gasteiger partial charge is 0.242 e. The third kappa shape index (κ3) is 6.00. The third-order valence-corrected chi connectivity index (χ3v) is 7.40. The average Bonchev–Trinajstić information content (AvgIpc) is 2.79. The number of rotatable bonds is 7. The molecule has 1 saturated heterocycles. The summed E-state index contributed by atoms with van der Waals surface area (Å²) in [5.74, 6) is 0.539. The second kappa shape index (κ2) is 10.0. The first-order chi connectivity index (χ1) is 15.0. The lowest BCUT2D eigenvalue weighted by molar-refractivity contribution is 0.122. The standard InChI is InChI=1S/C22H29FN4O3S/c23-18-3-1-2-17(14-18)15-24-19-4-6-20(7-5-19)26-31(28,29)21-8-9-22(25-16-21)27-10-12-30-13-11-27/h1-3,8-9,14,16,19-20,24,26H,4-7,10-13,15H2. The zero-order valence-corrected chi connectivity index (χ0v) is 18.3. The quantitative estimate of drug-likeness (QED) is 0.677. The predicted molar refractivity (Wildman–Crippen MR) is 117 cm³/mol. The van der Waals surface area contributed by atoms with Crippen LogP contribution in [0.4, 0.5) is 10.2 Å². The summed E-state index contributed by atoms with van der Waals surface area (Å²) >= 11 is 0. The molecule has 2 fully saturated rings. The van der Waals surface area contributed by atoms with Crippen molar-refractivity contribution >= 4 is 15.8 Å². The highest BCUT2D eigenvalue weighted by Gasteiger charge is 2.26. The lowest BCUT2D eigenvalue weighted by atomic mass is 9.92. The van der Waals surface area contributed by atoms with Crippen molar-refractivity contribution < 1.29 is 17.5 Å². The van der Waals surface area contributed by atoms with Gasteiger partial charge in [0.1, 0.15) is 16.5 Å². The Morgan fingerprint density at radius 3 is 2.48 bits per heavy atom. The fourth-order valence-corrected chi connectivity index (χ4v) is 5.37. The summed E-state index contributed by atoms with van der Waals surface area (Å²) in [6, 6.07) is 10.2.